The number of halogens is 3. The molecule has 28 heavy (non-hydrogen) atoms. The molecule has 0 spiro atoms. The van der Waals surface area contributed by atoms with E-state index < -0.39 is 11.7 Å². The Hall–Kier alpha value is -3.03. The molecular formula is C20H22F3N3O2. The first-order valence-electron chi connectivity index (χ1n) is 8.74. The average molecular weight is 393 g/mol. The van der Waals surface area contributed by atoms with Crippen LogP contribution in [0.4, 0.5) is 19.0 Å². The number of nitrogens with zero attached hydrogens (tertiary/aromatic N) is 2. The van der Waals surface area contributed by atoms with Crippen LogP contribution in [0.15, 0.2) is 48.2 Å². The predicted molar refractivity (Wildman–Crippen MR) is 103 cm³/mol. The summed E-state index contributed by atoms with van der Waals surface area (Å²) in [6.07, 6.45) is 0.215. The Balaban J connectivity index is 2.21. The van der Waals surface area contributed by atoms with Gasteiger partial charge in [-0.25, -0.2) is 4.98 Å². The van der Waals surface area contributed by atoms with Crippen LogP contribution in [-0.2, 0) is 12.6 Å². The molecule has 2 aromatic rings. The number of benzene rings is 1. The maximum atomic E-state index is 12.6. The lowest BCUT2D eigenvalue weighted by Gasteiger charge is -2.15. The Morgan fingerprint density at radius 3 is 2.50 bits per heavy atom. The summed E-state index contributed by atoms with van der Waals surface area (Å²) in [5.41, 5.74) is 3.44. The number of hydrogen-bond donors (Lipinski definition) is 1. The predicted octanol–water partition coefficient (Wildman–Crippen LogP) is 5.07. The van der Waals surface area contributed by atoms with Crippen molar-refractivity contribution >= 4 is 12.0 Å². The van der Waals surface area contributed by atoms with Crippen molar-refractivity contribution in [3.05, 3.63) is 59.8 Å². The first-order valence-corrected chi connectivity index (χ1v) is 8.74. The number of hydrazone groups is 1. The van der Waals surface area contributed by atoms with Gasteiger partial charge in [0.2, 0.25) is 0 Å². The van der Waals surface area contributed by atoms with Gasteiger partial charge in [-0.2, -0.15) is 18.3 Å². The lowest BCUT2D eigenvalue weighted by molar-refractivity contribution is -0.137. The summed E-state index contributed by atoms with van der Waals surface area (Å²) in [5.74, 6) is 1.46. The first-order chi connectivity index (χ1) is 13.4. The highest BCUT2D eigenvalue weighted by Gasteiger charge is 2.30. The molecule has 0 unspecified atom stereocenters. The largest absolute Gasteiger partial charge is 0.490 e. The Kier molecular flexibility index (Phi) is 7.43. The van der Waals surface area contributed by atoms with Crippen molar-refractivity contribution in [1.82, 2.24) is 4.98 Å². The fourth-order valence-corrected chi connectivity index (χ4v) is 2.44. The van der Waals surface area contributed by atoms with Crippen molar-refractivity contribution in [1.29, 1.82) is 0 Å². The number of allylic oxidation sites excluding steroid dienone is 1. The molecule has 5 nitrogen and oxygen atoms in total. The maximum absolute atomic E-state index is 12.6. The minimum atomic E-state index is -4.42. The number of anilines is 1. The fraction of sp³-hybridized carbons (Fsp3) is 0.300. The third kappa shape index (κ3) is 5.73. The first kappa shape index (κ1) is 21.3. The highest BCUT2D eigenvalue weighted by molar-refractivity contribution is 5.82. The van der Waals surface area contributed by atoms with E-state index in [1.165, 1.54) is 12.3 Å². The van der Waals surface area contributed by atoms with E-state index in [0.29, 0.717) is 31.1 Å². The molecule has 1 aromatic heterocycles. The van der Waals surface area contributed by atoms with Gasteiger partial charge < -0.3 is 9.47 Å². The van der Waals surface area contributed by atoms with E-state index in [0.717, 1.165) is 23.4 Å². The molecule has 8 heteroatoms. The van der Waals surface area contributed by atoms with Gasteiger partial charge >= 0.3 is 6.18 Å². The molecule has 0 aliphatic carbocycles. The maximum Gasteiger partial charge on any atom is 0.417 e. The van der Waals surface area contributed by atoms with E-state index in [1.54, 1.807) is 12.1 Å². The topological polar surface area (TPSA) is 55.7 Å². The molecule has 0 fully saturated rings. The summed E-state index contributed by atoms with van der Waals surface area (Å²) in [5, 5.41) is 4.04. The van der Waals surface area contributed by atoms with Crippen LogP contribution in [0.5, 0.6) is 11.5 Å². The van der Waals surface area contributed by atoms with E-state index in [9.17, 15) is 13.2 Å². The van der Waals surface area contributed by atoms with Crippen LogP contribution >= 0.6 is 0 Å². The summed E-state index contributed by atoms with van der Waals surface area (Å²) >= 11 is 0. The number of nitrogens with one attached hydrogen (secondary N) is 1. The van der Waals surface area contributed by atoms with Gasteiger partial charge in [0.05, 0.1) is 25.0 Å². The lowest BCUT2D eigenvalue weighted by Crippen LogP contribution is -2.06. The van der Waals surface area contributed by atoms with Crippen LogP contribution < -0.4 is 14.9 Å². The molecule has 150 valence electrons. The zero-order chi connectivity index (χ0) is 20.6. The van der Waals surface area contributed by atoms with E-state index in [2.05, 4.69) is 22.1 Å². The average Bonchev–Trinajstić information content (AvgIpc) is 2.64. The summed E-state index contributed by atoms with van der Waals surface area (Å²) < 4.78 is 49.1. The van der Waals surface area contributed by atoms with Crippen molar-refractivity contribution < 1.29 is 22.6 Å². The fourth-order valence-electron chi connectivity index (χ4n) is 2.44. The van der Waals surface area contributed by atoms with E-state index in [1.807, 2.05) is 19.9 Å². The summed E-state index contributed by atoms with van der Waals surface area (Å²) in [7, 11) is 0. The summed E-state index contributed by atoms with van der Waals surface area (Å²) in [6.45, 7) is 8.50. The second kappa shape index (κ2) is 9.77. The zero-order valence-electron chi connectivity index (χ0n) is 15.7. The Bertz CT molecular complexity index is 819. The highest BCUT2D eigenvalue weighted by Crippen LogP contribution is 2.33. The smallest absolute Gasteiger partial charge is 0.417 e. The summed E-state index contributed by atoms with van der Waals surface area (Å²) in [6, 6.07) is 5.83. The molecule has 0 radical (unpaired) electrons. The van der Waals surface area contributed by atoms with Gasteiger partial charge in [-0.3, -0.25) is 5.43 Å². The van der Waals surface area contributed by atoms with Crippen LogP contribution in [-0.4, -0.2) is 24.4 Å². The van der Waals surface area contributed by atoms with Gasteiger partial charge in [-0.1, -0.05) is 6.08 Å². The van der Waals surface area contributed by atoms with Gasteiger partial charge in [-0.15, -0.1) is 6.58 Å². The number of hydrogen-bond acceptors (Lipinski definition) is 5. The second-order valence-electron chi connectivity index (χ2n) is 5.67. The van der Waals surface area contributed by atoms with Crippen LogP contribution in [0.1, 0.15) is 30.5 Å². The standard InChI is InChI=1S/C20H22F3N3O2/c1-4-7-15-10-14(11-17(27-5-2)19(15)28-6-3)12-25-26-18-9-8-16(13-24-18)20(21,22)23/h4,8-13H,1,5-7H2,2-3H3,(H,24,26)/b25-12-. The van der Waals surface area contributed by atoms with E-state index >= 15 is 0 Å². The molecule has 0 atom stereocenters. The van der Waals surface area contributed by atoms with Gasteiger partial charge in [0.1, 0.15) is 5.82 Å². The Labute approximate surface area is 161 Å². The molecule has 0 amide bonds. The molecule has 0 saturated carbocycles. The van der Waals surface area contributed by atoms with E-state index in [4.69, 9.17) is 9.47 Å². The highest BCUT2D eigenvalue weighted by atomic mass is 19.4. The second-order valence-corrected chi connectivity index (χ2v) is 5.67. The number of rotatable bonds is 9. The van der Waals surface area contributed by atoms with Crippen molar-refractivity contribution in [2.24, 2.45) is 5.10 Å². The minimum Gasteiger partial charge on any atom is -0.490 e. The van der Waals surface area contributed by atoms with Crippen molar-refractivity contribution in [3.63, 3.8) is 0 Å². The Morgan fingerprint density at radius 2 is 1.93 bits per heavy atom. The number of alkyl halides is 3. The van der Waals surface area contributed by atoms with Crippen LogP contribution in [0, 0.1) is 0 Å². The third-order valence-corrected chi connectivity index (χ3v) is 3.59. The monoisotopic (exact) mass is 393 g/mol. The molecule has 1 N–H and O–H groups in total. The molecule has 0 saturated heterocycles. The minimum absolute atomic E-state index is 0.200. The molecule has 2 rings (SSSR count). The molecule has 1 heterocycles. The summed E-state index contributed by atoms with van der Waals surface area (Å²) in [4.78, 5) is 3.71. The normalized spacial score (nSPS) is 11.5. The van der Waals surface area contributed by atoms with Crippen LogP contribution in [0.2, 0.25) is 0 Å². The molecule has 0 aliphatic heterocycles. The van der Waals surface area contributed by atoms with Gasteiger partial charge in [0.25, 0.3) is 0 Å². The van der Waals surface area contributed by atoms with Crippen molar-refractivity contribution in [2.45, 2.75) is 26.4 Å². The number of ether oxygens (including phenoxy) is 2. The number of aromatic nitrogens is 1. The van der Waals surface area contributed by atoms with Crippen molar-refractivity contribution in [3.8, 4) is 11.5 Å². The van der Waals surface area contributed by atoms with Gasteiger partial charge in [-0.05, 0) is 50.1 Å². The SMILES string of the molecule is C=CCc1cc(/C=N\Nc2ccc(C(F)(F)F)cn2)cc(OCC)c1OCC. The molecule has 1 aromatic carbocycles. The quantitative estimate of drug-likeness (QED) is 0.367. The van der Waals surface area contributed by atoms with Crippen LogP contribution in [0.3, 0.4) is 0 Å². The molecule has 0 bridgehead atoms. The van der Waals surface area contributed by atoms with Gasteiger partial charge in [0, 0.05) is 11.8 Å². The third-order valence-electron chi connectivity index (χ3n) is 3.59. The van der Waals surface area contributed by atoms with E-state index in [-0.39, 0.29) is 5.82 Å². The zero-order valence-corrected chi connectivity index (χ0v) is 15.7. The molecule has 0 aliphatic rings. The molecular weight excluding hydrogens is 371 g/mol. The Morgan fingerprint density at radius 1 is 1.18 bits per heavy atom. The van der Waals surface area contributed by atoms with Crippen molar-refractivity contribution in [2.75, 3.05) is 18.6 Å². The number of pyridine rings is 1. The van der Waals surface area contributed by atoms with Crippen LogP contribution in [0.25, 0.3) is 0 Å². The lowest BCUT2D eigenvalue weighted by atomic mass is 10.1. The van der Waals surface area contributed by atoms with Gasteiger partial charge in [0.15, 0.2) is 11.5 Å².